The van der Waals surface area contributed by atoms with E-state index in [0.717, 1.165) is 43.2 Å². The zero-order valence-electron chi connectivity index (χ0n) is 15.5. The second-order valence-corrected chi connectivity index (χ2v) is 7.37. The quantitative estimate of drug-likeness (QED) is 0.880. The van der Waals surface area contributed by atoms with E-state index in [1.807, 2.05) is 29.2 Å². The Morgan fingerprint density at radius 2 is 1.73 bits per heavy atom. The number of piperazine rings is 1. The van der Waals surface area contributed by atoms with Crippen LogP contribution in [0.2, 0.25) is 5.02 Å². The highest BCUT2D eigenvalue weighted by Crippen LogP contribution is 2.20. The van der Waals surface area contributed by atoms with Crippen molar-refractivity contribution in [2.75, 3.05) is 37.6 Å². The lowest BCUT2D eigenvalue weighted by Gasteiger charge is -2.36. The summed E-state index contributed by atoms with van der Waals surface area (Å²) in [5.41, 5.74) is 4.95. The number of nitrogens with one attached hydrogen (secondary N) is 1. The number of hydrogen-bond donors (Lipinski definition) is 1. The highest BCUT2D eigenvalue weighted by molar-refractivity contribution is 6.30. The summed E-state index contributed by atoms with van der Waals surface area (Å²) in [5, 5.41) is 3.75. The first-order valence-corrected chi connectivity index (χ1v) is 9.49. The molecule has 5 heteroatoms. The van der Waals surface area contributed by atoms with Crippen LogP contribution in [0.25, 0.3) is 0 Å². The second kappa shape index (κ2) is 8.45. The molecule has 1 aliphatic heterocycles. The second-order valence-electron chi connectivity index (χ2n) is 6.93. The summed E-state index contributed by atoms with van der Waals surface area (Å²) in [5.74, 6) is 0. The van der Waals surface area contributed by atoms with E-state index in [0.29, 0.717) is 6.54 Å². The number of amides is 2. The highest BCUT2D eigenvalue weighted by atomic mass is 35.5. The highest BCUT2D eigenvalue weighted by Gasteiger charge is 2.21. The Balaban J connectivity index is 1.46. The van der Waals surface area contributed by atoms with Crippen LogP contribution < -0.4 is 10.2 Å². The molecule has 1 fully saturated rings. The van der Waals surface area contributed by atoms with Crippen LogP contribution in [0.5, 0.6) is 0 Å². The molecule has 1 saturated heterocycles. The van der Waals surface area contributed by atoms with E-state index in [1.165, 1.54) is 16.8 Å². The van der Waals surface area contributed by atoms with Crippen LogP contribution >= 0.6 is 11.6 Å². The number of carbonyl (C=O) groups is 1. The first-order chi connectivity index (χ1) is 12.5. The van der Waals surface area contributed by atoms with E-state index in [1.54, 1.807) is 0 Å². The molecule has 138 valence electrons. The summed E-state index contributed by atoms with van der Waals surface area (Å²) in [7, 11) is 0. The lowest BCUT2D eigenvalue weighted by atomic mass is 10.1. The summed E-state index contributed by atoms with van der Waals surface area (Å²) in [6, 6.07) is 14.4. The molecule has 0 aliphatic carbocycles. The minimum atomic E-state index is 0.0205. The van der Waals surface area contributed by atoms with Gasteiger partial charge in [-0.25, -0.2) is 4.79 Å². The Labute approximate surface area is 160 Å². The van der Waals surface area contributed by atoms with Crippen molar-refractivity contribution >= 4 is 23.3 Å². The van der Waals surface area contributed by atoms with E-state index in [4.69, 9.17) is 11.6 Å². The Bertz CT molecular complexity index is 749. The Hall–Kier alpha value is -2.20. The molecule has 1 aliphatic rings. The molecule has 26 heavy (non-hydrogen) atoms. The maximum absolute atomic E-state index is 12.4. The van der Waals surface area contributed by atoms with Gasteiger partial charge in [-0.1, -0.05) is 29.8 Å². The van der Waals surface area contributed by atoms with Crippen molar-refractivity contribution in [1.29, 1.82) is 0 Å². The van der Waals surface area contributed by atoms with Gasteiger partial charge in [0.05, 0.1) is 0 Å². The minimum Gasteiger partial charge on any atom is -0.368 e. The average Bonchev–Trinajstić information content (AvgIpc) is 2.61. The number of aryl methyl sites for hydroxylation is 2. The summed E-state index contributed by atoms with van der Waals surface area (Å²) in [4.78, 5) is 16.6. The number of urea groups is 1. The smallest absolute Gasteiger partial charge is 0.317 e. The van der Waals surface area contributed by atoms with Crippen molar-refractivity contribution in [3.8, 4) is 0 Å². The SMILES string of the molecule is Cc1cc(C)cc(N2CCN(C(=O)NCCc3cccc(Cl)c3)CC2)c1. The van der Waals surface area contributed by atoms with E-state index in [9.17, 15) is 4.79 Å². The molecule has 1 heterocycles. The summed E-state index contributed by atoms with van der Waals surface area (Å²) in [6.45, 7) is 8.10. The monoisotopic (exact) mass is 371 g/mol. The molecule has 2 amide bonds. The van der Waals surface area contributed by atoms with Gasteiger partial charge >= 0.3 is 6.03 Å². The number of rotatable bonds is 4. The number of carbonyl (C=O) groups excluding carboxylic acids is 1. The fourth-order valence-electron chi connectivity index (χ4n) is 3.42. The molecular formula is C21H26ClN3O. The zero-order chi connectivity index (χ0) is 18.5. The van der Waals surface area contributed by atoms with Gasteiger partial charge in [0, 0.05) is 43.4 Å². The zero-order valence-corrected chi connectivity index (χ0v) is 16.2. The molecule has 0 saturated carbocycles. The van der Waals surface area contributed by atoms with Crippen LogP contribution in [-0.2, 0) is 6.42 Å². The van der Waals surface area contributed by atoms with Gasteiger partial charge in [-0.15, -0.1) is 0 Å². The normalized spacial score (nSPS) is 14.4. The lowest BCUT2D eigenvalue weighted by molar-refractivity contribution is 0.194. The van der Waals surface area contributed by atoms with Crippen LogP contribution in [0.15, 0.2) is 42.5 Å². The molecular weight excluding hydrogens is 346 g/mol. The first-order valence-electron chi connectivity index (χ1n) is 9.12. The van der Waals surface area contributed by atoms with Gasteiger partial charge in [0.25, 0.3) is 0 Å². The third kappa shape index (κ3) is 4.92. The lowest BCUT2D eigenvalue weighted by Crippen LogP contribution is -2.52. The predicted octanol–water partition coefficient (Wildman–Crippen LogP) is 4.03. The molecule has 0 aromatic heterocycles. The molecule has 2 aromatic rings. The van der Waals surface area contributed by atoms with Crippen LogP contribution in [0.1, 0.15) is 16.7 Å². The molecule has 3 rings (SSSR count). The molecule has 1 N–H and O–H groups in total. The third-order valence-corrected chi connectivity index (χ3v) is 4.95. The summed E-state index contributed by atoms with van der Waals surface area (Å²) < 4.78 is 0. The fraction of sp³-hybridized carbons (Fsp3) is 0.381. The van der Waals surface area contributed by atoms with Gasteiger partial charge in [0.15, 0.2) is 0 Å². The van der Waals surface area contributed by atoms with E-state index in [-0.39, 0.29) is 6.03 Å². The number of nitrogens with zero attached hydrogens (tertiary/aromatic N) is 2. The van der Waals surface area contributed by atoms with Gasteiger partial charge in [-0.05, 0) is 61.2 Å². The third-order valence-electron chi connectivity index (χ3n) is 4.72. The van der Waals surface area contributed by atoms with E-state index < -0.39 is 0 Å². The van der Waals surface area contributed by atoms with Crippen LogP contribution in [0.4, 0.5) is 10.5 Å². The maximum atomic E-state index is 12.4. The standard InChI is InChI=1S/C21H26ClN3O/c1-16-12-17(2)14-20(13-16)24-8-10-25(11-9-24)21(26)23-7-6-18-4-3-5-19(22)15-18/h3-5,12-15H,6-11H2,1-2H3,(H,23,26). The summed E-state index contributed by atoms with van der Waals surface area (Å²) in [6.07, 6.45) is 0.787. The Morgan fingerprint density at radius 1 is 1.04 bits per heavy atom. The van der Waals surface area contributed by atoms with Gasteiger partial charge in [-0.2, -0.15) is 0 Å². The van der Waals surface area contributed by atoms with Crippen molar-refractivity contribution in [2.24, 2.45) is 0 Å². The first kappa shape index (κ1) is 18.6. The number of anilines is 1. The van der Waals surface area contributed by atoms with Gasteiger partial charge in [0.1, 0.15) is 0 Å². The van der Waals surface area contributed by atoms with Crippen molar-refractivity contribution in [2.45, 2.75) is 20.3 Å². The average molecular weight is 372 g/mol. The van der Waals surface area contributed by atoms with Crippen molar-refractivity contribution in [3.63, 3.8) is 0 Å². The Kier molecular flexibility index (Phi) is 6.04. The molecule has 4 nitrogen and oxygen atoms in total. The number of benzene rings is 2. The Morgan fingerprint density at radius 3 is 2.38 bits per heavy atom. The molecule has 0 unspecified atom stereocenters. The van der Waals surface area contributed by atoms with Crippen molar-refractivity contribution in [3.05, 3.63) is 64.2 Å². The number of hydrogen-bond acceptors (Lipinski definition) is 2. The molecule has 2 aromatic carbocycles. The van der Waals surface area contributed by atoms with Crippen LogP contribution in [0, 0.1) is 13.8 Å². The van der Waals surface area contributed by atoms with E-state index >= 15 is 0 Å². The fourth-order valence-corrected chi connectivity index (χ4v) is 3.63. The van der Waals surface area contributed by atoms with E-state index in [2.05, 4.69) is 42.3 Å². The van der Waals surface area contributed by atoms with Crippen LogP contribution in [0.3, 0.4) is 0 Å². The molecule has 0 atom stereocenters. The largest absolute Gasteiger partial charge is 0.368 e. The molecule has 0 spiro atoms. The van der Waals surface area contributed by atoms with Crippen molar-refractivity contribution in [1.82, 2.24) is 10.2 Å². The van der Waals surface area contributed by atoms with Gasteiger partial charge in [-0.3, -0.25) is 0 Å². The molecule has 0 radical (unpaired) electrons. The number of halogens is 1. The van der Waals surface area contributed by atoms with Crippen molar-refractivity contribution < 1.29 is 4.79 Å². The van der Waals surface area contributed by atoms with Gasteiger partial charge in [0.2, 0.25) is 0 Å². The van der Waals surface area contributed by atoms with Gasteiger partial charge < -0.3 is 15.1 Å². The molecule has 0 bridgehead atoms. The van der Waals surface area contributed by atoms with Crippen LogP contribution in [-0.4, -0.2) is 43.7 Å². The minimum absolute atomic E-state index is 0.0205. The topological polar surface area (TPSA) is 35.6 Å². The summed E-state index contributed by atoms with van der Waals surface area (Å²) >= 11 is 5.99. The maximum Gasteiger partial charge on any atom is 0.317 e. The predicted molar refractivity (Wildman–Crippen MR) is 108 cm³/mol.